The van der Waals surface area contributed by atoms with Crippen LogP contribution >= 0.6 is 11.6 Å². The van der Waals surface area contributed by atoms with Gasteiger partial charge in [0.1, 0.15) is 5.75 Å². The van der Waals surface area contributed by atoms with E-state index in [1.54, 1.807) is 17.7 Å². The summed E-state index contributed by atoms with van der Waals surface area (Å²) in [6.45, 7) is 5.23. The maximum Gasteiger partial charge on any atom is 0.355 e. The Kier molecular flexibility index (Phi) is 5.68. The van der Waals surface area contributed by atoms with Crippen molar-refractivity contribution in [2.75, 3.05) is 43.5 Å². The number of piperazine rings is 1. The van der Waals surface area contributed by atoms with Crippen LogP contribution in [0.15, 0.2) is 59.4 Å². The van der Waals surface area contributed by atoms with Crippen molar-refractivity contribution < 1.29 is 9.31 Å². The number of benzene rings is 2. The van der Waals surface area contributed by atoms with Crippen LogP contribution < -0.4 is 25.8 Å². The lowest BCUT2D eigenvalue weighted by Gasteiger charge is -2.33. The molecule has 5 rings (SSSR count). The zero-order chi connectivity index (χ0) is 22.9. The highest BCUT2D eigenvalue weighted by atomic mass is 35.5. The molecule has 170 valence electrons. The van der Waals surface area contributed by atoms with E-state index in [9.17, 15) is 4.79 Å². The van der Waals surface area contributed by atoms with E-state index >= 15 is 0 Å². The molecule has 3 heterocycles. The number of guanidine groups is 1. The van der Waals surface area contributed by atoms with Crippen molar-refractivity contribution in [3.8, 4) is 5.75 Å². The highest BCUT2D eigenvalue weighted by Gasteiger charge is 2.34. The van der Waals surface area contributed by atoms with Gasteiger partial charge in [0.15, 0.2) is 6.17 Å². The minimum absolute atomic E-state index is 0.110. The summed E-state index contributed by atoms with van der Waals surface area (Å²) < 4.78 is 9.18. The zero-order valence-corrected chi connectivity index (χ0v) is 19.3. The minimum atomic E-state index is -0.381. The Morgan fingerprint density at radius 3 is 2.45 bits per heavy atom. The topological polar surface area (TPSA) is 74.4 Å². The molecule has 0 amide bonds. The summed E-state index contributed by atoms with van der Waals surface area (Å²) in [7, 11) is 1.68. The van der Waals surface area contributed by atoms with Crippen LogP contribution in [0.2, 0.25) is 5.02 Å². The zero-order valence-electron chi connectivity index (χ0n) is 18.6. The van der Waals surface area contributed by atoms with Gasteiger partial charge in [0.25, 0.3) is 11.5 Å². The third-order valence-corrected chi connectivity index (χ3v) is 6.31. The molecule has 0 spiro atoms. The van der Waals surface area contributed by atoms with Crippen LogP contribution in [0.3, 0.4) is 0 Å². The summed E-state index contributed by atoms with van der Waals surface area (Å²) >= 11 is 6.10. The number of nitrogens with one attached hydrogen (secondary N) is 2. The molecule has 1 fully saturated rings. The lowest BCUT2D eigenvalue weighted by molar-refractivity contribution is -0.531. The SMILES string of the molecule is COc1ccc(N2CC[N+](=C3Nc4nc(C)cc(=O)n4C(c4ccc(Cl)cc4)N3)CC2)cc1. The van der Waals surface area contributed by atoms with E-state index in [-0.39, 0.29) is 11.7 Å². The Labute approximate surface area is 197 Å². The number of fused-ring (bicyclic) bond motifs is 1. The molecule has 2 aliphatic heterocycles. The quantitative estimate of drug-likeness (QED) is 0.579. The number of hydrogen-bond donors (Lipinski definition) is 2. The average Bonchev–Trinajstić information content (AvgIpc) is 2.84. The predicted octanol–water partition coefficient (Wildman–Crippen LogP) is 2.66. The van der Waals surface area contributed by atoms with Crippen LogP contribution in [0.25, 0.3) is 0 Å². The summed E-state index contributed by atoms with van der Waals surface area (Å²) in [6.07, 6.45) is -0.381. The second-order valence-corrected chi connectivity index (χ2v) is 8.61. The van der Waals surface area contributed by atoms with Gasteiger partial charge in [0.05, 0.1) is 20.2 Å². The van der Waals surface area contributed by atoms with E-state index in [2.05, 4.69) is 37.2 Å². The molecule has 1 aromatic heterocycles. The van der Waals surface area contributed by atoms with Gasteiger partial charge in [-0.2, -0.15) is 0 Å². The molecular weight excluding hydrogens is 440 g/mol. The Balaban J connectivity index is 1.44. The Bertz CT molecular complexity index is 1240. The van der Waals surface area contributed by atoms with E-state index in [4.69, 9.17) is 16.3 Å². The van der Waals surface area contributed by atoms with Gasteiger partial charge in [0, 0.05) is 41.1 Å². The van der Waals surface area contributed by atoms with Crippen LogP contribution in [0.1, 0.15) is 17.4 Å². The fourth-order valence-corrected chi connectivity index (χ4v) is 4.43. The van der Waals surface area contributed by atoms with Crippen LogP contribution in [0, 0.1) is 6.92 Å². The Hall–Kier alpha value is -3.52. The number of ether oxygens (including phenoxy) is 1. The number of nitrogens with zero attached hydrogens (tertiary/aromatic N) is 4. The van der Waals surface area contributed by atoms with Crippen molar-refractivity contribution in [1.82, 2.24) is 14.9 Å². The molecule has 0 radical (unpaired) electrons. The van der Waals surface area contributed by atoms with Crippen LogP contribution in [0.4, 0.5) is 11.6 Å². The first kappa shape index (κ1) is 21.3. The lowest BCUT2D eigenvalue weighted by Crippen LogP contribution is -2.55. The van der Waals surface area contributed by atoms with Gasteiger partial charge in [-0.15, -0.1) is 0 Å². The molecule has 1 unspecified atom stereocenters. The largest absolute Gasteiger partial charge is 0.497 e. The first-order chi connectivity index (χ1) is 16.0. The van der Waals surface area contributed by atoms with Crippen molar-refractivity contribution in [2.24, 2.45) is 0 Å². The minimum Gasteiger partial charge on any atom is -0.497 e. The smallest absolute Gasteiger partial charge is 0.355 e. The molecule has 8 nitrogen and oxygen atoms in total. The number of halogens is 1. The number of methoxy groups -OCH3 is 1. The van der Waals surface area contributed by atoms with E-state index in [1.165, 1.54) is 5.69 Å². The number of anilines is 2. The molecule has 2 N–H and O–H groups in total. The van der Waals surface area contributed by atoms with E-state index in [0.717, 1.165) is 43.5 Å². The molecular formula is C24H26ClN6O2+. The number of rotatable bonds is 3. The normalized spacial score (nSPS) is 17.8. The third-order valence-electron chi connectivity index (χ3n) is 6.06. The third kappa shape index (κ3) is 4.26. The Morgan fingerprint density at radius 2 is 1.79 bits per heavy atom. The van der Waals surface area contributed by atoms with Crippen molar-refractivity contribution >= 4 is 29.2 Å². The summed E-state index contributed by atoms with van der Waals surface area (Å²) in [5.74, 6) is 2.24. The first-order valence-electron chi connectivity index (χ1n) is 10.9. The molecule has 2 aliphatic rings. The van der Waals surface area contributed by atoms with Crippen molar-refractivity contribution in [3.05, 3.63) is 81.2 Å². The van der Waals surface area contributed by atoms with Crippen LogP contribution in [-0.4, -0.2) is 53.4 Å². The van der Waals surface area contributed by atoms with E-state index in [1.807, 2.05) is 43.3 Å². The molecule has 1 atom stereocenters. The molecule has 0 saturated carbocycles. The maximum absolute atomic E-state index is 12.8. The molecule has 1 saturated heterocycles. The Morgan fingerprint density at radius 1 is 1.09 bits per heavy atom. The highest BCUT2D eigenvalue weighted by Crippen LogP contribution is 2.24. The molecule has 33 heavy (non-hydrogen) atoms. The monoisotopic (exact) mass is 465 g/mol. The molecule has 0 bridgehead atoms. The van der Waals surface area contributed by atoms with Gasteiger partial charge in [-0.3, -0.25) is 14.7 Å². The van der Waals surface area contributed by atoms with Crippen molar-refractivity contribution in [2.45, 2.75) is 13.1 Å². The van der Waals surface area contributed by atoms with E-state index < -0.39 is 0 Å². The van der Waals surface area contributed by atoms with E-state index in [0.29, 0.717) is 16.7 Å². The number of aromatic nitrogens is 2. The van der Waals surface area contributed by atoms with Crippen molar-refractivity contribution in [3.63, 3.8) is 0 Å². The summed E-state index contributed by atoms with van der Waals surface area (Å²) in [4.78, 5) is 19.8. The van der Waals surface area contributed by atoms with Gasteiger partial charge in [-0.25, -0.2) is 14.9 Å². The fourth-order valence-electron chi connectivity index (χ4n) is 4.31. The average molecular weight is 466 g/mol. The van der Waals surface area contributed by atoms with Gasteiger partial charge in [0.2, 0.25) is 0 Å². The summed E-state index contributed by atoms with van der Waals surface area (Å²) in [5, 5.41) is 7.53. The van der Waals surface area contributed by atoms with Gasteiger partial charge in [-0.05, 0) is 43.3 Å². The number of hydrogen-bond acceptors (Lipinski definition) is 4. The fraction of sp³-hybridized carbons (Fsp3) is 0.292. The molecule has 0 aliphatic carbocycles. The van der Waals surface area contributed by atoms with Crippen LogP contribution in [-0.2, 0) is 0 Å². The van der Waals surface area contributed by atoms with Gasteiger partial charge < -0.3 is 9.64 Å². The maximum atomic E-state index is 12.8. The molecule has 9 heteroatoms. The first-order valence-corrected chi connectivity index (χ1v) is 11.3. The standard InChI is InChI=1S/C24H25ClN6O2/c1-16-15-21(32)31-22(17-3-5-18(25)6-4-17)27-23(28-24(31)26-16)30-13-11-29(12-14-30)19-7-9-20(33-2)10-8-19/h3-10,15,22H,11-14H2,1-2H3,(H,26,27,28,32)/p+1. The summed E-state index contributed by atoms with van der Waals surface area (Å²) in [5.41, 5.74) is 2.68. The molecule has 2 aromatic carbocycles. The lowest BCUT2D eigenvalue weighted by atomic mass is 10.1. The molecule has 3 aromatic rings. The van der Waals surface area contributed by atoms with Crippen LogP contribution in [0.5, 0.6) is 5.75 Å². The second-order valence-electron chi connectivity index (χ2n) is 8.17. The predicted molar refractivity (Wildman–Crippen MR) is 130 cm³/mol. The summed E-state index contributed by atoms with van der Waals surface area (Å²) in [6, 6.07) is 17.2. The van der Waals surface area contributed by atoms with Gasteiger partial charge in [-0.1, -0.05) is 23.7 Å². The highest BCUT2D eigenvalue weighted by molar-refractivity contribution is 6.30. The number of aryl methyl sites for hydroxylation is 1. The second kappa shape index (κ2) is 8.78. The van der Waals surface area contributed by atoms with Crippen molar-refractivity contribution in [1.29, 1.82) is 0 Å². The van der Waals surface area contributed by atoms with Gasteiger partial charge >= 0.3 is 5.96 Å².